The van der Waals surface area contributed by atoms with Gasteiger partial charge in [0.2, 0.25) is 5.92 Å². The van der Waals surface area contributed by atoms with E-state index >= 15 is 0 Å². The maximum atomic E-state index is 14.1. The van der Waals surface area contributed by atoms with E-state index in [-0.39, 0.29) is 65.2 Å². The second-order valence-electron chi connectivity index (χ2n) is 6.84. The predicted octanol–water partition coefficient (Wildman–Crippen LogP) is 1.02. The molecule has 1 aliphatic rings. The number of halogens is 2. The Morgan fingerprint density at radius 2 is 2.07 bits per heavy atom. The summed E-state index contributed by atoms with van der Waals surface area (Å²) < 4.78 is 33.5. The van der Waals surface area contributed by atoms with E-state index in [1.807, 2.05) is 0 Å². The molecule has 10 heteroatoms. The van der Waals surface area contributed by atoms with Crippen LogP contribution in [-0.2, 0) is 4.79 Å². The first-order valence-electron chi connectivity index (χ1n) is 8.83. The summed E-state index contributed by atoms with van der Waals surface area (Å²) >= 11 is 0. The number of hydrogen-bond acceptors (Lipinski definition) is 5. The quantitative estimate of drug-likeness (QED) is 0.466. The van der Waals surface area contributed by atoms with Crippen LogP contribution in [0.25, 0.3) is 5.32 Å². The molecule has 1 heterocycles. The number of phenolic OH excluding ortho intramolecular Hbond substituents is 1. The SMILES string of the molecule is CNC(=O)c1cccc(NC2=C([N-][C@@H](c3cc(C)co3)C(C)(F)F)CC2=O)c1O.[Li+]. The molecule has 0 unspecified atom stereocenters. The number of ketones is 1. The van der Waals surface area contributed by atoms with E-state index in [1.54, 1.807) is 6.92 Å². The summed E-state index contributed by atoms with van der Waals surface area (Å²) in [5.74, 6) is -4.45. The number of aromatic hydroxyl groups is 1. The van der Waals surface area contributed by atoms with Crippen LogP contribution >= 0.6 is 0 Å². The van der Waals surface area contributed by atoms with Gasteiger partial charge in [-0.15, -0.1) is 5.70 Å². The van der Waals surface area contributed by atoms with Gasteiger partial charge in [0, 0.05) is 19.5 Å². The first-order chi connectivity index (χ1) is 13.6. The molecule has 3 N–H and O–H groups in total. The topological polar surface area (TPSA) is 106 Å². The number of carbonyl (C=O) groups excluding carboxylic acids is 2. The van der Waals surface area contributed by atoms with E-state index in [0.717, 1.165) is 6.92 Å². The van der Waals surface area contributed by atoms with Crippen LogP contribution in [0.15, 0.2) is 46.3 Å². The van der Waals surface area contributed by atoms with Gasteiger partial charge in [-0.2, -0.15) is 0 Å². The largest absolute Gasteiger partial charge is 1.00 e. The maximum absolute atomic E-state index is 14.1. The summed E-state index contributed by atoms with van der Waals surface area (Å²) in [4.78, 5) is 23.9. The molecule has 1 amide bonds. The molecule has 0 bridgehead atoms. The molecule has 0 radical (unpaired) electrons. The number of alkyl halides is 2. The van der Waals surface area contributed by atoms with Crippen molar-refractivity contribution < 1.29 is 46.8 Å². The van der Waals surface area contributed by atoms with Gasteiger partial charge in [-0.05, 0) is 37.6 Å². The number of furan rings is 1. The van der Waals surface area contributed by atoms with Crippen molar-refractivity contribution >= 4 is 17.4 Å². The number of aryl methyl sites for hydroxylation is 1. The fourth-order valence-electron chi connectivity index (χ4n) is 2.91. The number of amides is 1. The molecule has 2 aromatic rings. The molecule has 30 heavy (non-hydrogen) atoms. The molecule has 1 atom stereocenters. The normalized spacial score (nSPS) is 14.5. The Balaban J connectivity index is 0.00000320. The van der Waals surface area contributed by atoms with Crippen molar-refractivity contribution in [3.63, 3.8) is 0 Å². The van der Waals surface area contributed by atoms with Gasteiger partial charge in [-0.25, -0.2) is 8.78 Å². The van der Waals surface area contributed by atoms with E-state index in [2.05, 4.69) is 16.0 Å². The Morgan fingerprint density at radius 3 is 2.60 bits per heavy atom. The van der Waals surface area contributed by atoms with Crippen LogP contribution in [-0.4, -0.2) is 29.8 Å². The zero-order chi connectivity index (χ0) is 21.3. The van der Waals surface area contributed by atoms with Gasteiger partial charge in [0.05, 0.1) is 29.0 Å². The summed E-state index contributed by atoms with van der Waals surface area (Å²) in [6.07, 6.45) is 1.23. The van der Waals surface area contributed by atoms with Crippen LogP contribution in [0.2, 0.25) is 0 Å². The van der Waals surface area contributed by atoms with Crippen molar-refractivity contribution in [1.29, 1.82) is 0 Å². The Bertz CT molecular complexity index is 998. The first-order valence-corrected chi connectivity index (χ1v) is 8.83. The molecule has 0 spiro atoms. The predicted molar refractivity (Wildman–Crippen MR) is 102 cm³/mol. The minimum absolute atomic E-state index is 0. The molecule has 0 saturated carbocycles. The number of rotatable bonds is 7. The molecule has 7 nitrogen and oxygen atoms in total. The molecular weight excluding hydrogens is 391 g/mol. The minimum Gasteiger partial charge on any atom is -0.672 e. The molecular formula is C20H20F2LiN3O4. The molecule has 3 rings (SSSR count). The van der Waals surface area contributed by atoms with Crippen LogP contribution in [0.1, 0.15) is 41.1 Å². The van der Waals surface area contributed by atoms with Crippen LogP contribution < -0.4 is 29.5 Å². The number of phenols is 1. The molecule has 1 aromatic carbocycles. The Morgan fingerprint density at radius 1 is 1.37 bits per heavy atom. The number of carbonyl (C=O) groups is 2. The van der Waals surface area contributed by atoms with Gasteiger partial charge in [0.1, 0.15) is 0 Å². The number of Topliss-reactive ketones (excluding diaryl/α,β-unsaturated/α-hetero) is 1. The van der Waals surface area contributed by atoms with Gasteiger partial charge >= 0.3 is 18.9 Å². The van der Waals surface area contributed by atoms with Gasteiger partial charge in [0.25, 0.3) is 5.91 Å². The Labute approximate surface area is 184 Å². The van der Waals surface area contributed by atoms with Crippen molar-refractivity contribution in [2.75, 3.05) is 12.4 Å². The van der Waals surface area contributed by atoms with Crippen molar-refractivity contribution in [2.24, 2.45) is 0 Å². The van der Waals surface area contributed by atoms with Crippen molar-refractivity contribution in [2.45, 2.75) is 32.2 Å². The number of allylic oxidation sites excluding steroid dienone is 2. The van der Waals surface area contributed by atoms with E-state index in [9.17, 15) is 23.5 Å². The van der Waals surface area contributed by atoms with Crippen molar-refractivity contribution in [3.8, 4) is 5.75 Å². The molecule has 154 valence electrons. The molecule has 0 aliphatic heterocycles. The third-order valence-electron chi connectivity index (χ3n) is 4.45. The summed E-state index contributed by atoms with van der Waals surface area (Å²) in [6.45, 7) is 2.44. The summed E-state index contributed by atoms with van der Waals surface area (Å²) in [7, 11) is 1.41. The van der Waals surface area contributed by atoms with Gasteiger partial charge in [-0.1, -0.05) is 6.07 Å². The van der Waals surface area contributed by atoms with E-state index in [1.165, 1.54) is 37.6 Å². The zero-order valence-electron chi connectivity index (χ0n) is 17.0. The monoisotopic (exact) mass is 411 g/mol. The second kappa shape index (κ2) is 8.94. The average molecular weight is 411 g/mol. The molecule has 0 fully saturated rings. The molecule has 1 aromatic heterocycles. The number of nitrogens with zero attached hydrogens (tertiary/aromatic N) is 1. The van der Waals surface area contributed by atoms with Crippen LogP contribution in [0.5, 0.6) is 5.75 Å². The zero-order valence-corrected chi connectivity index (χ0v) is 17.0. The van der Waals surface area contributed by atoms with Crippen LogP contribution in [0.3, 0.4) is 0 Å². The number of hydrogen-bond donors (Lipinski definition) is 3. The summed E-state index contributed by atoms with van der Waals surface area (Å²) in [5, 5.41) is 19.5. The van der Waals surface area contributed by atoms with Gasteiger partial charge in [0.15, 0.2) is 11.5 Å². The van der Waals surface area contributed by atoms with E-state index in [0.29, 0.717) is 5.56 Å². The van der Waals surface area contributed by atoms with Gasteiger partial charge < -0.3 is 25.5 Å². The number of anilines is 1. The minimum atomic E-state index is -3.22. The average Bonchev–Trinajstić information content (AvgIpc) is 3.08. The fraction of sp³-hybridized carbons (Fsp3) is 0.300. The number of nitrogens with one attached hydrogen (secondary N) is 2. The third-order valence-corrected chi connectivity index (χ3v) is 4.45. The fourth-order valence-corrected chi connectivity index (χ4v) is 2.91. The van der Waals surface area contributed by atoms with E-state index in [4.69, 9.17) is 4.42 Å². The number of para-hydroxylation sites is 1. The maximum Gasteiger partial charge on any atom is 1.00 e. The smallest absolute Gasteiger partial charge is 0.672 e. The Kier molecular flexibility index (Phi) is 7.01. The standard InChI is InChI=1S/C20H21F2N3O4.Li/c1-10-7-15(29-9-10)18(20(2,21)22)25-13-8-14(26)16(13)24-12-6-4-5-11(17(12)27)19(28)23-3;/h4-7,9,18,24H,8H2,1-3H3,(H3,23,25,26,27,28);/q;+1/p-1/t18-;/m0./s1. The number of benzene rings is 1. The van der Waals surface area contributed by atoms with Crippen molar-refractivity contribution in [1.82, 2.24) is 5.32 Å². The Hall–Kier alpha value is -2.76. The summed E-state index contributed by atoms with van der Waals surface area (Å²) in [6, 6.07) is 4.26. The summed E-state index contributed by atoms with van der Waals surface area (Å²) in [5.41, 5.74) is 0.910. The second-order valence-corrected chi connectivity index (χ2v) is 6.84. The van der Waals surface area contributed by atoms with Gasteiger partial charge in [-0.3, -0.25) is 9.59 Å². The molecule has 1 aliphatic carbocycles. The van der Waals surface area contributed by atoms with Crippen LogP contribution in [0.4, 0.5) is 14.5 Å². The first kappa shape index (κ1) is 23.5. The van der Waals surface area contributed by atoms with E-state index < -0.39 is 17.9 Å². The molecule has 0 saturated heterocycles. The van der Waals surface area contributed by atoms with Crippen LogP contribution in [0, 0.1) is 6.92 Å². The third kappa shape index (κ3) is 4.69. The van der Waals surface area contributed by atoms with Crippen molar-refractivity contribution in [3.05, 3.63) is 64.1 Å².